The Morgan fingerprint density at radius 2 is 2.00 bits per heavy atom. The molecule has 3 atom stereocenters. The number of nitrogens with one attached hydrogen (secondary N) is 2. The monoisotopic (exact) mass is 281 g/mol. The molecule has 1 saturated heterocycles. The fraction of sp³-hybridized carbons (Fsp3) is 0.867. The van der Waals surface area contributed by atoms with Crippen LogP contribution in [0.25, 0.3) is 0 Å². The highest BCUT2D eigenvalue weighted by molar-refractivity contribution is 5.87. The van der Waals surface area contributed by atoms with Crippen LogP contribution in [-0.2, 0) is 9.59 Å². The second-order valence-corrected chi connectivity index (χ2v) is 5.91. The van der Waals surface area contributed by atoms with Crippen LogP contribution < -0.4 is 10.6 Å². The Bertz CT molecular complexity index is 345. The van der Waals surface area contributed by atoms with Gasteiger partial charge in [0.1, 0.15) is 0 Å². The van der Waals surface area contributed by atoms with Gasteiger partial charge in [-0.2, -0.15) is 0 Å². The predicted octanol–water partition coefficient (Wildman–Crippen LogP) is 0.892. The number of hydrogen-bond acceptors (Lipinski definition) is 3. The van der Waals surface area contributed by atoms with Gasteiger partial charge in [0.05, 0.1) is 12.6 Å². The van der Waals surface area contributed by atoms with Gasteiger partial charge >= 0.3 is 0 Å². The van der Waals surface area contributed by atoms with Crippen LogP contribution in [0.4, 0.5) is 0 Å². The average molecular weight is 281 g/mol. The molecule has 0 spiro atoms. The van der Waals surface area contributed by atoms with Crippen LogP contribution in [0.1, 0.15) is 46.0 Å². The van der Waals surface area contributed by atoms with Crippen molar-refractivity contribution in [3.63, 3.8) is 0 Å². The fourth-order valence-electron chi connectivity index (χ4n) is 3.50. The fourth-order valence-corrected chi connectivity index (χ4v) is 3.50. The van der Waals surface area contributed by atoms with Gasteiger partial charge in [-0.15, -0.1) is 0 Å². The van der Waals surface area contributed by atoms with Crippen LogP contribution in [0, 0.1) is 5.92 Å². The molecule has 2 rings (SSSR count). The molecular weight excluding hydrogens is 254 g/mol. The predicted molar refractivity (Wildman–Crippen MR) is 78.2 cm³/mol. The van der Waals surface area contributed by atoms with E-state index in [0.29, 0.717) is 25.0 Å². The molecule has 2 aliphatic rings. The number of nitrogens with zero attached hydrogens (tertiary/aromatic N) is 1. The smallest absolute Gasteiger partial charge is 0.240 e. The van der Waals surface area contributed by atoms with Gasteiger partial charge in [-0.25, -0.2) is 0 Å². The van der Waals surface area contributed by atoms with Crippen molar-refractivity contribution >= 4 is 11.8 Å². The van der Waals surface area contributed by atoms with Gasteiger partial charge in [-0.3, -0.25) is 9.59 Å². The summed E-state index contributed by atoms with van der Waals surface area (Å²) in [5.41, 5.74) is 0. The first-order valence-corrected chi connectivity index (χ1v) is 7.97. The van der Waals surface area contributed by atoms with Crippen molar-refractivity contribution < 1.29 is 9.59 Å². The molecule has 1 heterocycles. The molecule has 0 bridgehead atoms. The lowest BCUT2D eigenvalue weighted by Crippen LogP contribution is -2.48. The highest BCUT2D eigenvalue weighted by Gasteiger charge is 2.39. The molecule has 2 amide bonds. The third kappa shape index (κ3) is 3.51. The van der Waals surface area contributed by atoms with E-state index >= 15 is 0 Å². The zero-order valence-corrected chi connectivity index (χ0v) is 12.7. The molecule has 1 saturated carbocycles. The topological polar surface area (TPSA) is 61.4 Å². The summed E-state index contributed by atoms with van der Waals surface area (Å²) in [6.07, 6.45) is 5.93. The number of hydrogen-bond donors (Lipinski definition) is 2. The number of amides is 2. The minimum atomic E-state index is -0.0857. The Labute approximate surface area is 121 Å². The summed E-state index contributed by atoms with van der Waals surface area (Å²) in [6.45, 7) is 5.19. The van der Waals surface area contributed by atoms with Crippen molar-refractivity contribution in [1.82, 2.24) is 15.5 Å². The van der Waals surface area contributed by atoms with Crippen molar-refractivity contribution in [2.75, 3.05) is 19.6 Å². The van der Waals surface area contributed by atoms with Crippen molar-refractivity contribution in [2.45, 2.75) is 58.0 Å². The number of carbonyl (C=O) groups excluding carboxylic acids is 2. The molecule has 20 heavy (non-hydrogen) atoms. The van der Waals surface area contributed by atoms with Crippen LogP contribution in [0.2, 0.25) is 0 Å². The van der Waals surface area contributed by atoms with E-state index < -0.39 is 0 Å². The minimum absolute atomic E-state index is 0.0712. The molecule has 5 nitrogen and oxygen atoms in total. The maximum atomic E-state index is 12.5. The second kappa shape index (κ2) is 7.07. The van der Waals surface area contributed by atoms with E-state index in [1.807, 2.05) is 13.8 Å². The van der Waals surface area contributed by atoms with Crippen LogP contribution in [0.5, 0.6) is 0 Å². The van der Waals surface area contributed by atoms with Crippen LogP contribution in [0.3, 0.4) is 0 Å². The number of likely N-dealkylation sites (N-methyl/N-ethyl adjacent to an activating group) is 2. The molecule has 1 aliphatic carbocycles. The Balaban J connectivity index is 1.90. The maximum Gasteiger partial charge on any atom is 0.240 e. The summed E-state index contributed by atoms with van der Waals surface area (Å²) in [4.78, 5) is 25.9. The van der Waals surface area contributed by atoms with Gasteiger partial charge in [0.15, 0.2) is 0 Å². The average Bonchev–Trinajstić information content (AvgIpc) is 2.88. The third-order valence-electron chi connectivity index (χ3n) is 4.56. The Hall–Kier alpha value is -1.10. The molecule has 0 radical (unpaired) electrons. The maximum absolute atomic E-state index is 12.5. The SMILES string of the molecule is CCNC(=O)CN(CC)C(=O)C1CC2CCCCC2N1. The normalized spacial score (nSPS) is 28.8. The van der Waals surface area contributed by atoms with Crippen molar-refractivity contribution in [2.24, 2.45) is 5.92 Å². The molecule has 0 aromatic carbocycles. The quantitative estimate of drug-likeness (QED) is 0.787. The molecule has 0 aromatic heterocycles. The van der Waals surface area contributed by atoms with Crippen LogP contribution in [-0.4, -0.2) is 48.4 Å². The molecule has 5 heteroatoms. The second-order valence-electron chi connectivity index (χ2n) is 5.91. The largest absolute Gasteiger partial charge is 0.355 e. The molecule has 3 unspecified atom stereocenters. The Morgan fingerprint density at radius 3 is 2.65 bits per heavy atom. The molecule has 0 aromatic rings. The lowest BCUT2D eigenvalue weighted by molar-refractivity contribution is -0.137. The summed E-state index contributed by atoms with van der Waals surface area (Å²) in [6, 6.07) is 0.429. The van der Waals surface area contributed by atoms with Crippen molar-refractivity contribution in [3.05, 3.63) is 0 Å². The minimum Gasteiger partial charge on any atom is -0.355 e. The zero-order valence-electron chi connectivity index (χ0n) is 12.7. The molecular formula is C15H27N3O2. The lowest BCUT2D eigenvalue weighted by atomic mass is 9.85. The highest BCUT2D eigenvalue weighted by Crippen LogP contribution is 2.33. The van der Waals surface area contributed by atoms with Crippen LogP contribution in [0.15, 0.2) is 0 Å². The van der Waals surface area contributed by atoms with Gasteiger partial charge in [0.25, 0.3) is 0 Å². The summed E-state index contributed by atoms with van der Waals surface area (Å²) in [5.74, 6) is 0.673. The van der Waals surface area contributed by atoms with Crippen molar-refractivity contribution in [1.29, 1.82) is 0 Å². The standard InChI is InChI=1S/C15H27N3O2/c1-3-16-14(19)10-18(4-2)15(20)13-9-11-7-5-6-8-12(11)17-13/h11-13,17H,3-10H2,1-2H3,(H,16,19). The number of rotatable bonds is 5. The van der Waals surface area contributed by atoms with E-state index in [4.69, 9.17) is 0 Å². The summed E-state index contributed by atoms with van der Waals surface area (Å²) in [7, 11) is 0. The molecule has 2 fully saturated rings. The Morgan fingerprint density at radius 1 is 1.25 bits per heavy atom. The first kappa shape index (κ1) is 15.3. The highest BCUT2D eigenvalue weighted by atomic mass is 16.2. The molecule has 1 aliphatic heterocycles. The van der Waals surface area contributed by atoms with Gasteiger partial charge in [0.2, 0.25) is 11.8 Å². The third-order valence-corrected chi connectivity index (χ3v) is 4.56. The first-order valence-electron chi connectivity index (χ1n) is 7.97. The van der Waals surface area contributed by atoms with E-state index in [1.54, 1.807) is 4.90 Å². The van der Waals surface area contributed by atoms with Gasteiger partial charge in [-0.05, 0) is 39.0 Å². The zero-order chi connectivity index (χ0) is 14.5. The van der Waals surface area contributed by atoms with E-state index in [9.17, 15) is 9.59 Å². The number of fused-ring (bicyclic) bond motifs is 1. The first-order chi connectivity index (χ1) is 9.65. The van der Waals surface area contributed by atoms with Crippen molar-refractivity contribution in [3.8, 4) is 0 Å². The molecule has 2 N–H and O–H groups in total. The van der Waals surface area contributed by atoms with Crippen LogP contribution >= 0.6 is 0 Å². The van der Waals surface area contributed by atoms with Gasteiger partial charge in [-0.1, -0.05) is 12.8 Å². The Kier molecular flexibility index (Phi) is 5.40. The summed E-state index contributed by atoms with van der Waals surface area (Å²) >= 11 is 0. The summed E-state index contributed by atoms with van der Waals surface area (Å²) < 4.78 is 0. The lowest BCUT2D eigenvalue weighted by Gasteiger charge is -2.25. The summed E-state index contributed by atoms with van der Waals surface area (Å²) in [5, 5.41) is 6.24. The van der Waals surface area contributed by atoms with E-state index in [2.05, 4.69) is 10.6 Å². The van der Waals surface area contributed by atoms with Gasteiger partial charge in [0, 0.05) is 19.1 Å². The van der Waals surface area contributed by atoms with E-state index in [0.717, 1.165) is 6.42 Å². The van der Waals surface area contributed by atoms with E-state index in [1.165, 1.54) is 25.7 Å². The number of carbonyl (C=O) groups is 2. The van der Waals surface area contributed by atoms with E-state index in [-0.39, 0.29) is 24.4 Å². The molecule has 114 valence electrons. The van der Waals surface area contributed by atoms with Gasteiger partial charge < -0.3 is 15.5 Å².